The van der Waals surface area contributed by atoms with Gasteiger partial charge in [-0.1, -0.05) is 0 Å². The van der Waals surface area contributed by atoms with Crippen LogP contribution in [0.4, 0.5) is 0 Å². The molecule has 0 aromatic heterocycles. The van der Waals surface area contributed by atoms with E-state index < -0.39 is 0 Å². The summed E-state index contributed by atoms with van der Waals surface area (Å²) < 4.78 is 11.8. The molecule has 0 aromatic rings. The van der Waals surface area contributed by atoms with Crippen molar-refractivity contribution in [2.24, 2.45) is 0 Å². The molecular weight excluding hydrogens is 206 g/mol. The van der Waals surface area contributed by atoms with E-state index in [4.69, 9.17) is 9.47 Å². The molecule has 4 nitrogen and oxygen atoms in total. The summed E-state index contributed by atoms with van der Waals surface area (Å²) in [4.78, 5) is 0. The van der Waals surface area contributed by atoms with Crippen molar-refractivity contribution in [1.82, 2.24) is 5.06 Å². The Balaban J connectivity index is 2.60. The minimum absolute atomic E-state index is 0.0655. The second-order valence-electron chi connectivity index (χ2n) is 6.41. The second kappa shape index (κ2) is 4.61. The van der Waals surface area contributed by atoms with Crippen molar-refractivity contribution in [3.8, 4) is 0 Å². The maximum atomic E-state index is 9.54. The molecule has 1 saturated heterocycles. The van der Waals surface area contributed by atoms with Crippen LogP contribution in [0.5, 0.6) is 0 Å². The molecule has 16 heavy (non-hydrogen) atoms. The summed E-state index contributed by atoms with van der Waals surface area (Å²) in [6.07, 6.45) is -0.131. The van der Waals surface area contributed by atoms with Crippen molar-refractivity contribution < 1.29 is 14.7 Å². The molecule has 0 unspecified atom stereocenters. The first-order valence-electron chi connectivity index (χ1n) is 5.86. The first-order valence-corrected chi connectivity index (χ1v) is 5.86. The minimum atomic E-state index is -0.213. The summed E-state index contributed by atoms with van der Waals surface area (Å²) >= 11 is 0. The molecule has 4 heteroatoms. The van der Waals surface area contributed by atoms with Gasteiger partial charge in [0.25, 0.3) is 0 Å². The summed E-state index contributed by atoms with van der Waals surface area (Å²) in [5.41, 5.74) is -0.426. The van der Waals surface area contributed by atoms with Crippen LogP contribution < -0.4 is 0 Å². The Bertz CT molecular complexity index is 205. The van der Waals surface area contributed by atoms with Crippen LogP contribution in [-0.4, -0.2) is 46.8 Å². The maximum Gasteiger partial charge on any atom is 0.101 e. The molecule has 0 aromatic carbocycles. The lowest BCUT2D eigenvalue weighted by Crippen LogP contribution is -2.40. The van der Waals surface area contributed by atoms with Crippen LogP contribution in [0.2, 0.25) is 0 Å². The van der Waals surface area contributed by atoms with Crippen LogP contribution in [-0.2, 0) is 9.47 Å². The minimum Gasteiger partial charge on any atom is -0.368 e. The number of hydrogen-bond acceptors (Lipinski definition) is 4. The van der Waals surface area contributed by atoms with Gasteiger partial charge in [0.05, 0.1) is 24.3 Å². The number of ether oxygens (including phenoxy) is 2. The average Bonchev–Trinajstić information content (AvgIpc) is 2.23. The summed E-state index contributed by atoms with van der Waals surface area (Å²) in [5, 5.41) is 10.8. The van der Waals surface area contributed by atoms with E-state index in [1.165, 1.54) is 5.06 Å². The molecule has 0 bridgehead atoms. The smallest absolute Gasteiger partial charge is 0.101 e. The van der Waals surface area contributed by atoms with Gasteiger partial charge in [-0.05, 0) is 41.5 Å². The Labute approximate surface area is 98.5 Å². The normalized spacial score (nSPS) is 28.7. The van der Waals surface area contributed by atoms with Gasteiger partial charge in [0.1, 0.15) is 12.2 Å². The average molecular weight is 231 g/mol. The van der Waals surface area contributed by atoms with E-state index in [0.29, 0.717) is 13.1 Å². The number of hydrogen-bond donors (Lipinski definition) is 1. The van der Waals surface area contributed by atoms with E-state index >= 15 is 0 Å². The van der Waals surface area contributed by atoms with Gasteiger partial charge in [0.15, 0.2) is 0 Å². The third kappa shape index (κ3) is 4.78. The van der Waals surface area contributed by atoms with Gasteiger partial charge < -0.3 is 14.7 Å². The Kier molecular flexibility index (Phi) is 4.00. The molecule has 1 aliphatic heterocycles. The first kappa shape index (κ1) is 13.9. The van der Waals surface area contributed by atoms with Gasteiger partial charge in [-0.15, -0.1) is 0 Å². The topological polar surface area (TPSA) is 41.9 Å². The molecule has 1 heterocycles. The van der Waals surface area contributed by atoms with Crippen LogP contribution >= 0.6 is 0 Å². The van der Waals surface area contributed by atoms with Crippen molar-refractivity contribution in [2.45, 2.75) is 65.0 Å². The SMILES string of the molecule is CC(C)(C)O[C@H]1CN(O)C[C@@H]1OC(C)(C)C. The first-order chi connectivity index (χ1) is 7.07. The number of rotatable bonds is 2. The van der Waals surface area contributed by atoms with E-state index in [1.807, 2.05) is 41.5 Å². The van der Waals surface area contributed by atoms with Crippen LogP contribution in [0, 0.1) is 0 Å². The van der Waals surface area contributed by atoms with Gasteiger partial charge in [-0.2, -0.15) is 5.06 Å². The molecule has 1 rings (SSSR count). The van der Waals surface area contributed by atoms with Gasteiger partial charge in [0, 0.05) is 0 Å². The van der Waals surface area contributed by atoms with E-state index in [0.717, 1.165) is 0 Å². The Morgan fingerprint density at radius 3 is 1.44 bits per heavy atom. The number of nitrogens with zero attached hydrogens (tertiary/aromatic N) is 1. The molecule has 0 saturated carbocycles. The zero-order valence-electron chi connectivity index (χ0n) is 11.3. The number of hydroxylamine groups is 2. The third-order valence-electron chi connectivity index (χ3n) is 2.21. The monoisotopic (exact) mass is 231 g/mol. The zero-order valence-corrected chi connectivity index (χ0v) is 11.3. The highest BCUT2D eigenvalue weighted by Crippen LogP contribution is 2.24. The molecular formula is C12H25NO3. The Morgan fingerprint density at radius 1 is 0.875 bits per heavy atom. The van der Waals surface area contributed by atoms with Gasteiger partial charge in [-0.25, -0.2) is 0 Å². The fraction of sp³-hybridized carbons (Fsp3) is 1.00. The largest absolute Gasteiger partial charge is 0.368 e. The Morgan fingerprint density at radius 2 is 1.19 bits per heavy atom. The third-order valence-corrected chi connectivity index (χ3v) is 2.21. The van der Waals surface area contributed by atoms with Gasteiger partial charge in [0.2, 0.25) is 0 Å². The van der Waals surface area contributed by atoms with Crippen LogP contribution in [0.3, 0.4) is 0 Å². The van der Waals surface area contributed by atoms with E-state index in [9.17, 15) is 5.21 Å². The molecule has 0 aliphatic carbocycles. The second-order valence-corrected chi connectivity index (χ2v) is 6.41. The predicted octanol–water partition coefficient (Wildman–Crippen LogP) is 2.06. The lowest BCUT2D eigenvalue weighted by atomic mass is 10.1. The lowest BCUT2D eigenvalue weighted by molar-refractivity contribution is -0.142. The van der Waals surface area contributed by atoms with E-state index in [-0.39, 0.29) is 23.4 Å². The molecule has 1 N–H and O–H groups in total. The molecule has 0 spiro atoms. The van der Waals surface area contributed by atoms with E-state index in [1.54, 1.807) is 0 Å². The molecule has 1 aliphatic rings. The quantitative estimate of drug-likeness (QED) is 0.790. The highest BCUT2D eigenvalue weighted by atomic mass is 16.6. The van der Waals surface area contributed by atoms with E-state index in [2.05, 4.69) is 0 Å². The summed E-state index contributed by atoms with van der Waals surface area (Å²) in [6.45, 7) is 13.1. The zero-order chi connectivity index (χ0) is 12.6. The van der Waals surface area contributed by atoms with Crippen molar-refractivity contribution >= 4 is 0 Å². The van der Waals surface area contributed by atoms with Gasteiger partial charge >= 0.3 is 0 Å². The van der Waals surface area contributed by atoms with Gasteiger partial charge in [-0.3, -0.25) is 0 Å². The molecule has 1 fully saturated rings. The van der Waals surface area contributed by atoms with Crippen molar-refractivity contribution in [2.75, 3.05) is 13.1 Å². The van der Waals surface area contributed by atoms with Crippen molar-refractivity contribution in [3.63, 3.8) is 0 Å². The lowest BCUT2D eigenvalue weighted by Gasteiger charge is -2.32. The fourth-order valence-corrected chi connectivity index (χ4v) is 1.86. The summed E-state index contributed by atoms with van der Waals surface area (Å²) in [5.74, 6) is 0. The standard InChI is InChI=1S/C12H25NO3/c1-11(2,3)15-9-7-13(14)8-10(9)16-12(4,5)6/h9-10,14H,7-8H2,1-6H3/t9-,10-/m0/s1. The molecule has 0 radical (unpaired) electrons. The van der Waals surface area contributed by atoms with Crippen molar-refractivity contribution in [1.29, 1.82) is 0 Å². The predicted molar refractivity (Wildman–Crippen MR) is 62.6 cm³/mol. The molecule has 2 atom stereocenters. The summed E-state index contributed by atoms with van der Waals surface area (Å²) in [6, 6.07) is 0. The highest BCUT2D eigenvalue weighted by molar-refractivity contribution is 4.86. The maximum absolute atomic E-state index is 9.54. The Hall–Kier alpha value is -0.160. The molecule has 96 valence electrons. The fourth-order valence-electron chi connectivity index (χ4n) is 1.86. The van der Waals surface area contributed by atoms with Crippen molar-refractivity contribution in [3.05, 3.63) is 0 Å². The highest BCUT2D eigenvalue weighted by Gasteiger charge is 2.38. The van der Waals surface area contributed by atoms with Crippen LogP contribution in [0.25, 0.3) is 0 Å². The molecule has 0 amide bonds. The summed E-state index contributed by atoms with van der Waals surface area (Å²) in [7, 11) is 0. The van der Waals surface area contributed by atoms with Crippen LogP contribution in [0.15, 0.2) is 0 Å². The van der Waals surface area contributed by atoms with Crippen LogP contribution in [0.1, 0.15) is 41.5 Å².